The monoisotopic (exact) mass is 585 g/mol. The number of likely N-dealkylation sites (N-methyl/N-ethyl adjacent to an activating group) is 1. The van der Waals surface area contributed by atoms with E-state index in [-0.39, 0.29) is 17.9 Å². The van der Waals surface area contributed by atoms with Crippen molar-refractivity contribution in [3.63, 3.8) is 0 Å². The lowest BCUT2D eigenvalue weighted by molar-refractivity contribution is -0.139. The summed E-state index contributed by atoms with van der Waals surface area (Å²) in [4.78, 5) is 27.9. The largest absolute Gasteiger partial charge is 0.355 e. The Labute approximate surface area is 243 Å². The second-order valence-electron chi connectivity index (χ2n) is 12.2. The highest BCUT2D eigenvalue weighted by atomic mass is 35.5. The molecule has 4 fully saturated rings. The van der Waals surface area contributed by atoms with E-state index in [2.05, 4.69) is 17.4 Å². The number of benzene rings is 2. The number of halogens is 1. The Bertz CT molecular complexity index is 1310. The molecule has 216 valence electrons. The lowest BCUT2D eigenvalue weighted by Gasteiger charge is -2.57. The molecule has 6 rings (SSSR count). The number of carbonyl (C=O) groups is 2. The van der Waals surface area contributed by atoms with Crippen molar-refractivity contribution < 1.29 is 18.0 Å². The molecule has 1 N–H and O–H groups in total. The van der Waals surface area contributed by atoms with Gasteiger partial charge >= 0.3 is 0 Å². The number of hydrogen-bond acceptors (Lipinski definition) is 4. The van der Waals surface area contributed by atoms with Crippen molar-refractivity contribution in [3.8, 4) is 0 Å². The first-order valence-corrected chi connectivity index (χ1v) is 16.6. The van der Waals surface area contributed by atoms with Crippen molar-refractivity contribution in [2.45, 2.75) is 70.4 Å². The van der Waals surface area contributed by atoms with E-state index in [4.69, 9.17) is 11.6 Å². The fourth-order valence-electron chi connectivity index (χ4n) is 7.75. The molecule has 40 heavy (non-hydrogen) atoms. The van der Waals surface area contributed by atoms with E-state index in [1.165, 1.54) is 49.0 Å². The number of rotatable bonds is 10. The zero-order chi connectivity index (χ0) is 28.7. The van der Waals surface area contributed by atoms with Crippen LogP contribution in [0.2, 0.25) is 5.02 Å². The molecule has 7 nitrogen and oxygen atoms in total. The van der Waals surface area contributed by atoms with Gasteiger partial charge in [0.15, 0.2) is 0 Å². The highest BCUT2D eigenvalue weighted by Gasteiger charge is 2.51. The van der Waals surface area contributed by atoms with Crippen LogP contribution in [0.3, 0.4) is 0 Å². The van der Waals surface area contributed by atoms with E-state index in [1.807, 2.05) is 19.1 Å². The first-order valence-electron chi connectivity index (χ1n) is 14.4. The minimum atomic E-state index is -3.77. The van der Waals surface area contributed by atoms with Crippen molar-refractivity contribution in [3.05, 3.63) is 64.7 Å². The lowest BCUT2D eigenvalue weighted by atomic mass is 9.48. The van der Waals surface area contributed by atoms with Crippen LogP contribution in [0.25, 0.3) is 0 Å². The third kappa shape index (κ3) is 6.03. The summed E-state index contributed by atoms with van der Waals surface area (Å²) >= 11 is 6.03. The Morgan fingerprint density at radius 2 is 1.52 bits per heavy atom. The fraction of sp³-hybridized carbons (Fsp3) is 0.548. The molecule has 4 bridgehead atoms. The number of anilines is 1. The summed E-state index contributed by atoms with van der Waals surface area (Å²) in [6.07, 6.45) is 8.88. The molecular formula is C31H40ClN3O4S. The smallest absolute Gasteiger partial charge is 0.244 e. The minimum absolute atomic E-state index is 0.150. The fourth-order valence-corrected chi connectivity index (χ4v) is 8.73. The average Bonchev–Trinajstić information content (AvgIpc) is 2.90. The Hall–Kier alpha value is -2.58. The molecule has 4 aliphatic carbocycles. The highest BCUT2D eigenvalue weighted by Crippen LogP contribution is 2.60. The van der Waals surface area contributed by atoms with Crippen LogP contribution in [0, 0.1) is 17.8 Å². The predicted molar refractivity (Wildman–Crippen MR) is 159 cm³/mol. The molecular weight excluding hydrogens is 546 g/mol. The third-order valence-corrected chi connectivity index (χ3v) is 10.7. The molecule has 0 radical (unpaired) electrons. The normalized spacial score (nSPS) is 25.9. The molecule has 1 atom stereocenters. The van der Waals surface area contributed by atoms with Crippen LogP contribution in [0.15, 0.2) is 48.5 Å². The van der Waals surface area contributed by atoms with Gasteiger partial charge in [-0.15, -0.1) is 0 Å². The van der Waals surface area contributed by atoms with Gasteiger partial charge < -0.3 is 10.2 Å². The van der Waals surface area contributed by atoms with E-state index < -0.39 is 28.5 Å². The minimum Gasteiger partial charge on any atom is -0.355 e. The molecule has 2 aromatic rings. The van der Waals surface area contributed by atoms with Gasteiger partial charge in [0.25, 0.3) is 0 Å². The van der Waals surface area contributed by atoms with Gasteiger partial charge in [0, 0.05) is 18.1 Å². The van der Waals surface area contributed by atoms with E-state index in [9.17, 15) is 18.0 Å². The number of amides is 2. The molecule has 9 heteroatoms. The Balaban J connectivity index is 1.38. The van der Waals surface area contributed by atoms with Crippen molar-refractivity contribution in [2.24, 2.45) is 17.8 Å². The number of carbonyl (C=O) groups excluding carboxylic acids is 2. The first kappa shape index (κ1) is 28.9. The van der Waals surface area contributed by atoms with Gasteiger partial charge in [0.05, 0.1) is 11.9 Å². The van der Waals surface area contributed by atoms with Crippen molar-refractivity contribution >= 4 is 39.1 Å². The maximum Gasteiger partial charge on any atom is 0.244 e. The average molecular weight is 586 g/mol. The van der Waals surface area contributed by atoms with Crippen LogP contribution in [-0.4, -0.2) is 50.5 Å². The Morgan fingerprint density at radius 3 is 2.02 bits per heavy atom. The van der Waals surface area contributed by atoms with Gasteiger partial charge in [-0.3, -0.25) is 13.9 Å². The second-order valence-corrected chi connectivity index (χ2v) is 14.6. The van der Waals surface area contributed by atoms with Crippen molar-refractivity contribution in [2.75, 3.05) is 23.7 Å². The van der Waals surface area contributed by atoms with Crippen molar-refractivity contribution in [1.82, 2.24) is 10.2 Å². The highest BCUT2D eigenvalue weighted by molar-refractivity contribution is 7.92. The number of hydrogen-bond donors (Lipinski definition) is 1. The first-order chi connectivity index (χ1) is 19.0. The quantitative estimate of drug-likeness (QED) is 0.419. The van der Waals surface area contributed by atoms with Crippen LogP contribution < -0.4 is 9.62 Å². The van der Waals surface area contributed by atoms with Gasteiger partial charge in [-0.05, 0) is 111 Å². The van der Waals surface area contributed by atoms with Crippen LogP contribution >= 0.6 is 11.6 Å². The van der Waals surface area contributed by atoms with Crippen LogP contribution in [0.1, 0.15) is 63.5 Å². The van der Waals surface area contributed by atoms with Crippen molar-refractivity contribution in [1.29, 1.82) is 0 Å². The van der Waals surface area contributed by atoms with Gasteiger partial charge in [-0.2, -0.15) is 0 Å². The molecule has 0 saturated heterocycles. The predicted octanol–water partition coefficient (Wildman–Crippen LogP) is 5.13. The Kier molecular flexibility index (Phi) is 8.22. The molecule has 1 unspecified atom stereocenters. The Morgan fingerprint density at radius 1 is 0.975 bits per heavy atom. The number of sulfonamides is 1. The summed E-state index contributed by atoms with van der Waals surface area (Å²) in [5.41, 5.74) is 2.75. The lowest BCUT2D eigenvalue weighted by Crippen LogP contribution is -2.51. The number of nitrogens with one attached hydrogen (secondary N) is 1. The number of nitrogens with zero attached hydrogens (tertiary/aromatic N) is 2. The molecule has 0 spiro atoms. The van der Waals surface area contributed by atoms with Crippen LogP contribution in [-0.2, 0) is 31.6 Å². The SMILES string of the molecule is CCNC(=O)C(C)N(Cc1ccc(Cl)cc1)C(=O)CN(c1ccc(C23CC4CC(CC(C4)C2)C3)cc1)S(C)(=O)=O. The summed E-state index contributed by atoms with van der Waals surface area (Å²) < 4.78 is 27.1. The summed E-state index contributed by atoms with van der Waals surface area (Å²) in [6.45, 7) is 3.65. The summed E-state index contributed by atoms with van der Waals surface area (Å²) in [6, 6.07) is 14.1. The van der Waals surface area contributed by atoms with E-state index >= 15 is 0 Å². The van der Waals surface area contributed by atoms with E-state index in [1.54, 1.807) is 31.2 Å². The summed E-state index contributed by atoms with van der Waals surface area (Å²) in [5.74, 6) is 1.69. The standard InChI is InChI=1S/C31H40ClN3O4S/c1-4-33-30(37)21(2)34(19-22-5-9-27(32)10-6-22)29(36)20-35(40(3,38)39)28-11-7-26(8-12-28)31-16-23-13-24(17-31)15-25(14-23)18-31/h5-12,21,23-25H,4,13-20H2,1-3H3,(H,33,37). The topological polar surface area (TPSA) is 86.8 Å². The van der Waals surface area contributed by atoms with Gasteiger partial charge in [0.2, 0.25) is 21.8 Å². The molecule has 4 aliphatic rings. The molecule has 0 aromatic heterocycles. The van der Waals surface area contributed by atoms with E-state index in [0.717, 1.165) is 33.9 Å². The molecule has 0 heterocycles. The third-order valence-electron chi connectivity index (χ3n) is 9.27. The van der Waals surface area contributed by atoms with E-state index in [0.29, 0.717) is 17.3 Å². The van der Waals surface area contributed by atoms with Gasteiger partial charge in [-0.25, -0.2) is 8.42 Å². The zero-order valence-corrected chi connectivity index (χ0v) is 25.2. The van der Waals surface area contributed by atoms with Crippen LogP contribution in [0.5, 0.6) is 0 Å². The summed E-state index contributed by atoms with van der Waals surface area (Å²) in [5, 5.41) is 3.33. The zero-order valence-electron chi connectivity index (χ0n) is 23.6. The maximum absolute atomic E-state index is 13.7. The molecule has 4 saturated carbocycles. The van der Waals surface area contributed by atoms with Crippen LogP contribution in [0.4, 0.5) is 5.69 Å². The summed E-state index contributed by atoms with van der Waals surface area (Å²) in [7, 11) is -3.77. The maximum atomic E-state index is 13.7. The molecule has 0 aliphatic heterocycles. The second kappa shape index (κ2) is 11.4. The van der Waals surface area contributed by atoms with Gasteiger partial charge in [-0.1, -0.05) is 35.9 Å². The molecule has 2 amide bonds. The molecule has 2 aromatic carbocycles. The van der Waals surface area contributed by atoms with Gasteiger partial charge in [0.1, 0.15) is 12.6 Å².